The van der Waals surface area contributed by atoms with Crippen molar-refractivity contribution in [1.82, 2.24) is 0 Å². The lowest BCUT2D eigenvalue weighted by Gasteiger charge is -2.18. The maximum atomic E-state index is 10.8. The van der Waals surface area contributed by atoms with Crippen LogP contribution in [0.5, 0.6) is 0 Å². The van der Waals surface area contributed by atoms with E-state index in [9.17, 15) is 10.1 Å². The van der Waals surface area contributed by atoms with Gasteiger partial charge < -0.3 is 4.90 Å². The third-order valence-corrected chi connectivity index (χ3v) is 3.01. The molecule has 0 radical (unpaired) electrons. The summed E-state index contributed by atoms with van der Waals surface area (Å²) in [5.41, 5.74) is 1.62. The normalized spacial score (nSPS) is 9.71. The first-order valence-electron chi connectivity index (χ1n) is 5.01. The van der Waals surface area contributed by atoms with E-state index in [2.05, 4.69) is 22.0 Å². The van der Waals surface area contributed by atoms with Crippen molar-refractivity contribution < 1.29 is 4.92 Å². The minimum atomic E-state index is -0.393. The number of benzene rings is 1. The van der Waals surface area contributed by atoms with Crippen LogP contribution in [0.4, 0.5) is 11.4 Å². The van der Waals surface area contributed by atoms with Gasteiger partial charge in [0.25, 0.3) is 5.69 Å². The lowest BCUT2D eigenvalue weighted by molar-refractivity contribution is -0.385. The summed E-state index contributed by atoms with van der Waals surface area (Å²) in [5.74, 6) is 0. The molecular weight excluding hydrogens is 286 g/mol. The Morgan fingerprint density at radius 1 is 1.59 bits per heavy atom. The molecule has 0 amide bonds. The van der Waals surface area contributed by atoms with E-state index >= 15 is 0 Å². The number of rotatable bonds is 5. The summed E-state index contributed by atoms with van der Waals surface area (Å²) in [7, 11) is 1.86. The topological polar surface area (TPSA) is 70.2 Å². The van der Waals surface area contributed by atoms with Crippen LogP contribution < -0.4 is 4.90 Å². The third-order valence-electron chi connectivity index (χ3n) is 2.40. The van der Waals surface area contributed by atoms with E-state index in [1.54, 1.807) is 12.1 Å². The number of halogens is 1. The quantitative estimate of drug-likeness (QED) is 0.476. The van der Waals surface area contributed by atoms with Gasteiger partial charge in [0.1, 0.15) is 0 Å². The molecule has 6 heteroatoms. The van der Waals surface area contributed by atoms with Gasteiger partial charge in [-0.25, -0.2) is 0 Å². The van der Waals surface area contributed by atoms with Gasteiger partial charge in [-0.05, 0) is 12.1 Å². The smallest absolute Gasteiger partial charge is 0.273 e. The van der Waals surface area contributed by atoms with Crippen LogP contribution >= 0.6 is 15.9 Å². The van der Waals surface area contributed by atoms with Gasteiger partial charge in [0.15, 0.2) is 0 Å². The zero-order valence-corrected chi connectivity index (χ0v) is 11.0. The zero-order valence-electron chi connectivity index (χ0n) is 9.39. The standard InChI is InChI=1S/C11H12BrN3O2/c1-14(6-2-5-13)10-3-4-11(15(16)17)9(7-10)8-12/h3-4,7H,2,6,8H2,1H3. The molecule has 1 aromatic rings. The summed E-state index contributed by atoms with van der Waals surface area (Å²) < 4.78 is 0. The molecule has 0 aliphatic heterocycles. The van der Waals surface area contributed by atoms with Crippen LogP contribution in [-0.4, -0.2) is 18.5 Å². The molecule has 0 atom stereocenters. The van der Waals surface area contributed by atoms with E-state index in [-0.39, 0.29) is 5.69 Å². The molecule has 1 rings (SSSR count). The van der Waals surface area contributed by atoms with Gasteiger partial charge in [0, 0.05) is 36.2 Å². The summed E-state index contributed by atoms with van der Waals surface area (Å²) in [6.45, 7) is 0.607. The molecule has 1 aromatic carbocycles. The van der Waals surface area contributed by atoms with Gasteiger partial charge in [-0.3, -0.25) is 10.1 Å². The van der Waals surface area contributed by atoms with Crippen molar-refractivity contribution in [3.8, 4) is 6.07 Å². The molecule has 0 saturated heterocycles. The highest BCUT2D eigenvalue weighted by Crippen LogP contribution is 2.26. The van der Waals surface area contributed by atoms with E-state index < -0.39 is 4.92 Å². The van der Waals surface area contributed by atoms with E-state index in [1.807, 2.05) is 11.9 Å². The van der Waals surface area contributed by atoms with Crippen molar-refractivity contribution >= 4 is 27.3 Å². The molecule has 0 bridgehead atoms. The summed E-state index contributed by atoms with van der Waals surface area (Å²) in [4.78, 5) is 12.3. The Labute approximate surface area is 108 Å². The molecule has 17 heavy (non-hydrogen) atoms. The Morgan fingerprint density at radius 3 is 2.82 bits per heavy atom. The first kappa shape index (κ1) is 13.5. The summed E-state index contributed by atoms with van der Waals surface area (Å²) in [6.07, 6.45) is 0.428. The minimum absolute atomic E-state index is 0.110. The zero-order chi connectivity index (χ0) is 12.8. The maximum Gasteiger partial charge on any atom is 0.273 e. The van der Waals surface area contributed by atoms with Crippen LogP contribution in [-0.2, 0) is 5.33 Å². The van der Waals surface area contributed by atoms with E-state index in [4.69, 9.17) is 5.26 Å². The highest BCUT2D eigenvalue weighted by atomic mass is 79.9. The SMILES string of the molecule is CN(CCC#N)c1ccc([N+](=O)[O-])c(CBr)c1. The van der Waals surface area contributed by atoms with Gasteiger partial charge in [-0.2, -0.15) is 5.26 Å². The van der Waals surface area contributed by atoms with E-state index in [0.29, 0.717) is 23.9 Å². The lowest BCUT2D eigenvalue weighted by atomic mass is 10.1. The van der Waals surface area contributed by atoms with Crippen molar-refractivity contribution in [2.45, 2.75) is 11.8 Å². The molecule has 0 saturated carbocycles. The Balaban J connectivity index is 2.97. The number of alkyl halides is 1. The molecular formula is C11H12BrN3O2. The molecule has 0 fully saturated rings. The summed E-state index contributed by atoms with van der Waals surface area (Å²) in [6, 6.07) is 7.03. The number of hydrogen-bond donors (Lipinski definition) is 0. The van der Waals surface area contributed by atoms with Crippen molar-refractivity contribution in [3.05, 3.63) is 33.9 Å². The number of nitriles is 1. The van der Waals surface area contributed by atoms with Crippen LogP contribution in [0.1, 0.15) is 12.0 Å². The predicted octanol–water partition coefficient (Wildman–Crippen LogP) is 2.84. The van der Waals surface area contributed by atoms with Gasteiger partial charge in [-0.15, -0.1) is 0 Å². The van der Waals surface area contributed by atoms with Crippen LogP contribution in [0.2, 0.25) is 0 Å². The second-order valence-electron chi connectivity index (χ2n) is 3.53. The summed E-state index contributed by atoms with van der Waals surface area (Å²) >= 11 is 3.24. The van der Waals surface area contributed by atoms with Crippen molar-refractivity contribution in [3.63, 3.8) is 0 Å². The van der Waals surface area contributed by atoms with Gasteiger partial charge >= 0.3 is 0 Å². The molecule has 0 N–H and O–H groups in total. The van der Waals surface area contributed by atoms with E-state index in [0.717, 1.165) is 5.69 Å². The number of anilines is 1. The fourth-order valence-corrected chi connectivity index (χ4v) is 1.89. The number of nitro groups is 1. The molecule has 90 valence electrons. The minimum Gasteiger partial charge on any atom is -0.374 e. The first-order chi connectivity index (χ1) is 8.10. The van der Waals surface area contributed by atoms with Crippen molar-refractivity contribution in [2.75, 3.05) is 18.5 Å². The Hall–Kier alpha value is -1.61. The molecule has 0 heterocycles. The average molecular weight is 298 g/mol. The van der Waals surface area contributed by atoms with Crippen LogP contribution in [0, 0.1) is 21.4 Å². The molecule has 5 nitrogen and oxygen atoms in total. The fourth-order valence-electron chi connectivity index (χ4n) is 1.44. The first-order valence-corrected chi connectivity index (χ1v) is 6.13. The highest BCUT2D eigenvalue weighted by molar-refractivity contribution is 9.08. The van der Waals surface area contributed by atoms with Gasteiger partial charge in [-0.1, -0.05) is 15.9 Å². The summed E-state index contributed by atoms with van der Waals surface area (Å²) in [5, 5.41) is 19.7. The van der Waals surface area contributed by atoms with Crippen LogP contribution in [0.3, 0.4) is 0 Å². The third kappa shape index (κ3) is 3.43. The molecule has 0 aliphatic carbocycles. The monoisotopic (exact) mass is 297 g/mol. The molecule has 0 spiro atoms. The Bertz CT molecular complexity index is 457. The second-order valence-corrected chi connectivity index (χ2v) is 4.09. The van der Waals surface area contributed by atoms with Crippen molar-refractivity contribution in [2.24, 2.45) is 0 Å². The molecule has 0 unspecified atom stereocenters. The molecule has 0 aliphatic rings. The maximum absolute atomic E-state index is 10.8. The van der Waals surface area contributed by atoms with E-state index in [1.165, 1.54) is 6.07 Å². The second kappa shape index (κ2) is 6.21. The lowest BCUT2D eigenvalue weighted by Crippen LogP contribution is -2.18. The average Bonchev–Trinajstić information content (AvgIpc) is 2.34. The van der Waals surface area contributed by atoms with Crippen LogP contribution in [0.25, 0.3) is 0 Å². The van der Waals surface area contributed by atoms with Crippen molar-refractivity contribution in [1.29, 1.82) is 5.26 Å². The van der Waals surface area contributed by atoms with Gasteiger partial charge in [0.05, 0.1) is 17.4 Å². The number of nitro benzene ring substituents is 1. The Kier molecular flexibility index (Phi) is 4.91. The van der Waals surface area contributed by atoms with Gasteiger partial charge in [0.2, 0.25) is 0 Å². The Morgan fingerprint density at radius 2 is 2.29 bits per heavy atom. The molecule has 0 aromatic heterocycles. The number of hydrogen-bond acceptors (Lipinski definition) is 4. The predicted molar refractivity (Wildman–Crippen MR) is 69.2 cm³/mol. The van der Waals surface area contributed by atoms with Crippen LogP contribution in [0.15, 0.2) is 18.2 Å². The number of nitrogens with zero attached hydrogens (tertiary/aromatic N) is 3. The highest BCUT2D eigenvalue weighted by Gasteiger charge is 2.14. The fraction of sp³-hybridized carbons (Fsp3) is 0.364. The largest absolute Gasteiger partial charge is 0.374 e.